The van der Waals surface area contributed by atoms with Gasteiger partial charge in [0, 0.05) is 13.1 Å². The molecule has 0 radical (unpaired) electrons. The molecule has 0 amide bonds. The highest BCUT2D eigenvalue weighted by molar-refractivity contribution is 6.06. The number of aryl methyl sites for hydroxylation is 1. The monoisotopic (exact) mass is 428 g/mol. The molecule has 0 saturated carbocycles. The Morgan fingerprint density at radius 2 is 2.13 bits per heavy atom. The normalized spacial score (nSPS) is 30.1. The van der Waals surface area contributed by atoms with E-state index in [0.717, 1.165) is 42.0 Å². The Hall–Kier alpha value is -2.38. The minimum absolute atomic E-state index is 0.0320. The topological polar surface area (TPSA) is 80.6 Å². The molecule has 2 fully saturated rings. The van der Waals surface area contributed by atoms with Crippen molar-refractivity contribution in [2.24, 2.45) is 16.8 Å². The van der Waals surface area contributed by atoms with E-state index in [1.165, 1.54) is 13.4 Å². The number of carbonyl (C=O) groups is 1. The van der Waals surface area contributed by atoms with Gasteiger partial charge in [0.2, 0.25) is 0 Å². The van der Waals surface area contributed by atoms with E-state index in [1.54, 1.807) is 14.2 Å². The van der Waals surface area contributed by atoms with E-state index >= 15 is 0 Å². The summed E-state index contributed by atoms with van der Waals surface area (Å²) >= 11 is 0. The van der Waals surface area contributed by atoms with Gasteiger partial charge in [-0.05, 0) is 43.2 Å². The van der Waals surface area contributed by atoms with Crippen molar-refractivity contribution in [1.29, 1.82) is 0 Å². The Balaban J connectivity index is 1.75. The molecule has 1 N–H and O–H groups in total. The SMILES string of the molecule is CC[C@@H]1CN2CC[C@@]3(O)C(=Nc4c(C)ccc(OC)c43)[C@@H]2C[C@@H]1/C(=C\OC)C(=O)OC. The molecule has 4 atom stereocenters. The molecule has 1 aromatic carbocycles. The van der Waals surface area contributed by atoms with Gasteiger partial charge in [-0.25, -0.2) is 4.79 Å². The largest absolute Gasteiger partial charge is 0.504 e. The van der Waals surface area contributed by atoms with Gasteiger partial charge in [0.15, 0.2) is 0 Å². The molecule has 0 spiro atoms. The lowest BCUT2D eigenvalue weighted by Gasteiger charge is -2.50. The number of hydrogen-bond donors (Lipinski definition) is 1. The second-order valence-corrected chi connectivity index (χ2v) is 8.74. The Labute approximate surface area is 183 Å². The van der Waals surface area contributed by atoms with Crippen LogP contribution in [0.4, 0.5) is 5.69 Å². The van der Waals surface area contributed by atoms with Crippen molar-refractivity contribution in [3.8, 4) is 5.75 Å². The van der Waals surface area contributed by atoms with Crippen LogP contribution in [0.1, 0.15) is 37.3 Å². The van der Waals surface area contributed by atoms with E-state index in [4.69, 9.17) is 19.2 Å². The standard InChI is InChI=1S/C24H32N2O5/c1-6-15-12-26-10-9-24(28)20-19(30-4)8-7-14(2)21(20)25-22(24)18(26)11-16(15)17(13-29-3)23(27)31-5/h7-8,13,15-16,18,28H,6,9-12H2,1-5H3/b17-13+/t15-,16+,18+,24+/m1/s1. The smallest absolute Gasteiger partial charge is 0.337 e. The lowest BCUT2D eigenvalue weighted by molar-refractivity contribution is -0.137. The van der Waals surface area contributed by atoms with Crippen molar-refractivity contribution in [1.82, 2.24) is 4.90 Å². The second kappa shape index (κ2) is 8.28. The van der Waals surface area contributed by atoms with Crippen molar-refractivity contribution in [3.05, 3.63) is 35.1 Å². The minimum atomic E-state index is -1.14. The van der Waals surface area contributed by atoms with Crippen LogP contribution < -0.4 is 4.74 Å². The summed E-state index contributed by atoms with van der Waals surface area (Å²) in [6.45, 7) is 5.76. The molecule has 7 nitrogen and oxygen atoms in total. The summed E-state index contributed by atoms with van der Waals surface area (Å²) in [4.78, 5) is 19.9. The highest BCUT2D eigenvalue weighted by atomic mass is 16.5. The highest BCUT2D eigenvalue weighted by Crippen LogP contribution is 2.52. The van der Waals surface area contributed by atoms with Crippen molar-refractivity contribution < 1.29 is 24.1 Å². The molecule has 2 saturated heterocycles. The average molecular weight is 429 g/mol. The summed E-state index contributed by atoms with van der Waals surface area (Å²) in [5.74, 6) is 0.571. The molecule has 168 valence electrons. The van der Waals surface area contributed by atoms with Gasteiger partial charge in [-0.15, -0.1) is 0 Å². The molecule has 3 aliphatic heterocycles. The molecule has 3 aliphatic rings. The van der Waals surface area contributed by atoms with E-state index in [2.05, 4.69) is 11.8 Å². The number of aliphatic hydroxyl groups is 1. The molecule has 0 unspecified atom stereocenters. The predicted molar refractivity (Wildman–Crippen MR) is 118 cm³/mol. The van der Waals surface area contributed by atoms with Crippen LogP contribution in [0.25, 0.3) is 0 Å². The zero-order valence-corrected chi connectivity index (χ0v) is 19.0. The fraction of sp³-hybridized carbons (Fsp3) is 0.583. The Kier molecular flexibility index (Phi) is 5.83. The van der Waals surface area contributed by atoms with Gasteiger partial charge in [-0.3, -0.25) is 9.89 Å². The van der Waals surface area contributed by atoms with Gasteiger partial charge in [-0.2, -0.15) is 0 Å². The Morgan fingerprint density at radius 1 is 1.35 bits per heavy atom. The number of esters is 1. The number of aliphatic imine (C=N–C) groups is 1. The van der Waals surface area contributed by atoms with Crippen LogP contribution in [0, 0.1) is 18.8 Å². The first kappa shape index (κ1) is 21.8. The van der Waals surface area contributed by atoms with Gasteiger partial charge in [0.25, 0.3) is 0 Å². The number of carbonyl (C=O) groups excluding carboxylic acids is 1. The number of rotatable bonds is 5. The van der Waals surface area contributed by atoms with Crippen LogP contribution in [-0.4, -0.2) is 62.1 Å². The van der Waals surface area contributed by atoms with Gasteiger partial charge < -0.3 is 19.3 Å². The minimum Gasteiger partial charge on any atom is -0.504 e. The number of nitrogens with zero attached hydrogens (tertiary/aromatic N) is 2. The van der Waals surface area contributed by atoms with E-state index in [9.17, 15) is 9.90 Å². The summed E-state index contributed by atoms with van der Waals surface area (Å²) in [5.41, 5.74) is 2.78. The van der Waals surface area contributed by atoms with Gasteiger partial charge in [0.05, 0.1) is 56.2 Å². The summed E-state index contributed by atoms with van der Waals surface area (Å²) in [7, 11) is 4.57. The zero-order chi connectivity index (χ0) is 22.3. The van der Waals surface area contributed by atoms with Gasteiger partial charge >= 0.3 is 5.97 Å². The molecule has 3 heterocycles. The molecular weight excluding hydrogens is 396 g/mol. The first-order chi connectivity index (χ1) is 14.9. The van der Waals surface area contributed by atoms with Crippen molar-refractivity contribution in [2.45, 2.75) is 44.8 Å². The highest BCUT2D eigenvalue weighted by Gasteiger charge is 2.54. The van der Waals surface area contributed by atoms with Gasteiger partial charge in [0.1, 0.15) is 11.4 Å². The lowest BCUT2D eigenvalue weighted by Crippen LogP contribution is -2.60. The van der Waals surface area contributed by atoms with E-state index < -0.39 is 5.60 Å². The Morgan fingerprint density at radius 3 is 2.77 bits per heavy atom. The van der Waals surface area contributed by atoms with E-state index in [1.807, 2.05) is 19.1 Å². The Bertz CT molecular complexity index is 940. The first-order valence-electron chi connectivity index (χ1n) is 10.9. The predicted octanol–water partition coefficient (Wildman–Crippen LogP) is 3.10. The summed E-state index contributed by atoms with van der Waals surface area (Å²) in [5, 5.41) is 11.9. The number of hydrogen-bond acceptors (Lipinski definition) is 7. The maximum atomic E-state index is 12.5. The van der Waals surface area contributed by atoms with Crippen molar-refractivity contribution in [2.75, 3.05) is 34.4 Å². The number of methoxy groups -OCH3 is 3. The summed E-state index contributed by atoms with van der Waals surface area (Å²) in [6.07, 6.45) is 3.71. The van der Waals surface area contributed by atoms with Crippen LogP contribution in [-0.2, 0) is 19.9 Å². The third-order valence-corrected chi connectivity index (χ3v) is 7.25. The van der Waals surface area contributed by atoms with Crippen LogP contribution in [0.15, 0.2) is 29.0 Å². The van der Waals surface area contributed by atoms with Crippen LogP contribution in [0.2, 0.25) is 0 Å². The molecule has 0 aromatic heterocycles. The number of piperidine rings is 2. The third kappa shape index (κ3) is 3.34. The number of fused-ring (bicyclic) bond motifs is 5. The molecule has 4 rings (SSSR count). The quantitative estimate of drug-likeness (QED) is 0.441. The third-order valence-electron chi connectivity index (χ3n) is 7.25. The molecule has 31 heavy (non-hydrogen) atoms. The molecule has 1 aromatic rings. The number of benzene rings is 1. The fourth-order valence-electron chi connectivity index (χ4n) is 5.64. The molecule has 0 bridgehead atoms. The van der Waals surface area contributed by atoms with Crippen LogP contribution >= 0.6 is 0 Å². The maximum Gasteiger partial charge on any atom is 0.337 e. The summed E-state index contributed by atoms with van der Waals surface area (Å²) in [6, 6.07) is 3.82. The fourth-order valence-corrected chi connectivity index (χ4v) is 5.64. The van der Waals surface area contributed by atoms with Crippen LogP contribution in [0.3, 0.4) is 0 Å². The average Bonchev–Trinajstić information content (AvgIpc) is 3.11. The molecule has 7 heteroatoms. The lowest BCUT2D eigenvalue weighted by atomic mass is 9.70. The number of ether oxygens (including phenoxy) is 3. The second-order valence-electron chi connectivity index (χ2n) is 8.74. The molecular formula is C24H32N2O5. The van der Waals surface area contributed by atoms with E-state index in [-0.39, 0.29) is 17.9 Å². The summed E-state index contributed by atoms with van der Waals surface area (Å²) < 4.78 is 15.9. The zero-order valence-electron chi connectivity index (χ0n) is 19.0. The molecule has 0 aliphatic carbocycles. The van der Waals surface area contributed by atoms with Crippen molar-refractivity contribution in [3.63, 3.8) is 0 Å². The van der Waals surface area contributed by atoms with Gasteiger partial charge in [-0.1, -0.05) is 19.4 Å². The maximum absolute atomic E-state index is 12.5. The first-order valence-corrected chi connectivity index (χ1v) is 10.9. The van der Waals surface area contributed by atoms with Crippen molar-refractivity contribution >= 4 is 17.4 Å². The van der Waals surface area contributed by atoms with E-state index in [0.29, 0.717) is 30.1 Å². The van der Waals surface area contributed by atoms with Crippen LogP contribution in [0.5, 0.6) is 5.75 Å².